The van der Waals surface area contributed by atoms with Crippen molar-refractivity contribution in [3.8, 4) is 0 Å². The number of carboxylic acids is 1. The number of hydrogen-bond acceptors (Lipinski definition) is 2. The van der Waals surface area contributed by atoms with Crippen molar-refractivity contribution >= 4 is 17.6 Å². The van der Waals surface area contributed by atoms with Crippen LogP contribution in [0.3, 0.4) is 0 Å². The van der Waals surface area contributed by atoms with Crippen molar-refractivity contribution in [3.05, 3.63) is 42.0 Å². The maximum absolute atomic E-state index is 12.2. The lowest BCUT2D eigenvalue weighted by Gasteiger charge is -2.18. The second kappa shape index (κ2) is 4.53. The number of carbonyl (C=O) groups is 2. The Morgan fingerprint density at radius 3 is 2.58 bits per heavy atom. The van der Waals surface area contributed by atoms with Crippen molar-refractivity contribution in [2.75, 3.05) is 5.32 Å². The minimum Gasteiger partial charge on any atom is -0.478 e. The molecule has 0 aromatic heterocycles. The van der Waals surface area contributed by atoms with E-state index in [9.17, 15) is 9.59 Å². The molecule has 0 heterocycles. The lowest BCUT2D eigenvalue weighted by Crippen LogP contribution is -2.26. The number of hydrogen-bond donors (Lipinski definition) is 2. The predicted octanol–water partition coefficient (Wildman–Crippen LogP) is 2.54. The van der Waals surface area contributed by atoms with Crippen LogP contribution in [0.2, 0.25) is 0 Å². The normalized spacial score (nSPS) is 27.5. The molecule has 3 rings (SSSR count). The molecule has 2 N–H and O–H groups in total. The molecule has 1 aromatic rings. The highest BCUT2D eigenvalue weighted by atomic mass is 16.4. The minimum atomic E-state index is -1.02. The summed E-state index contributed by atoms with van der Waals surface area (Å²) < 4.78 is 0. The van der Waals surface area contributed by atoms with Crippen LogP contribution in [0.5, 0.6) is 0 Å². The third kappa shape index (κ3) is 2.14. The van der Waals surface area contributed by atoms with Gasteiger partial charge < -0.3 is 10.4 Å². The predicted molar refractivity (Wildman–Crippen MR) is 70.9 cm³/mol. The molecule has 98 valence electrons. The minimum absolute atomic E-state index is 0.0168. The zero-order chi connectivity index (χ0) is 13.4. The molecule has 19 heavy (non-hydrogen) atoms. The van der Waals surface area contributed by atoms with Crippen LogP contribution in [0.25, 0.3) is 0 Å². The number of fused-ring (bicyclic) bond motifs is 2. The van der Waals surface area contributed by atoms with Gasteiger partial charge in [-0.3, -0.25) is 4.79 Å². The number of aromatic carboxylic acids is 1. The quantitative estimate of drug-likeness (QED) is 0.818. The summed E-state index contributed by atoms with van der Waals surface area (Å²) in [5.41, 5.74) is 0.515. The summed E-state index contributed by atoms with van der Waals surface area (Å²) in [5.74, 6) is -0.261. The Balaban J connectivity index is 1.77. The van der Waals surface area contributed by atoms with E-state index < -0.39 is 5.97 Å². The lowest BCUT2D eigenvalue weighted by atomic mass is 9.92. The molecule has 1 fully saturated rings. The third-order valence-electron chi connectivity index (χ3n) is 4.03. The van der Waals surface area contributed by atoms with E-state index in [1.165, 1.54) is 6.07 Å². The average molecular weight is 257 g/mol. The number of carbonyl (C=O) groups excluding carboxylic acids is 1. The van der Waals surface area contributed by atoms with Gasteiger partial charge in [0.2, 0.25) is 5.91 Å². The van der Waals surface area contributed by atoms with Gasteiger partial charge in [-0.1, -0.05) is 24.3 Å². The molecule has 1 aromatic carbocycles. The van der Waals surface area contributed by atoms with Crippen LogP contribution < -0.4 is 5.32 Å². The number of para-hydroxylation sites is 1. The van der Waals surface area contributed by atoms with Gasteiger partial charge in [0, 0.05) is 5.92 Å². The molecular weight excluding hydrogens is 242 g/mol. The van der Waals surface area contributed by atoms with Crippen LogP contribution in [0.4, 0.5) is 5.69 Å². The summed E-state index contributed by atoms with van der Waals surface area (Å²) in [6, 6.07) is 6.51. The molecule has 4 nitrogen and oxygen atoms in total. The monoisotopic (exact) mass is 257 g/mol. The van der Waals surface area contributed by atoms with Crippen LogP contribution in [0.1, 0.15) is 23.2 Å². The molecule has 2 bridgehead atoms. The molecule has 0 saturated heterocycles. The Labute approximate surface area is 111 Å². The summed E-state index contributed by atoms with van der Waals surface area (Å²) in [6.45, 7) is 0. The maximum Gasteiger partial charge on any atom is 0.337 e. The van der Waals surface area contributed by atoms with E-state index in [2.05, 4.69) is 17.5 Å². The first kappa shape index (κ1) is 12.0. The van der Waals surface area contributed by atoms with Crippen molar-refractivity contribution in [1.29, 1.82) is 0 Å². The van der Waals surface area contributed by atoms with Crippen molar-refractivity contribution in [3.63, 3.8) is 0 Å². The van der Waals surface area contributed by atoms with E-state index in [0.29, 0.717) is 17.5 Å². The highest BCUT2D eigenvalue weighted by Crippen LogP contribution is 2.43. The van der Waals surface area contributed by atoms with E-state index in [0.717, 1.165) is 12.8 Å². The van der Waals surface area contributed by atoms with Crippen molar-refractivity contribution < 1.29 is 14.7 Å². The fraction of sp³-hybridized carbons (Fsp3) is 0.333. The van der Waals surface area contributed by atoms with Crippen molar-refractivity contribution in [1.82, 2.24) is 0 Å². The van der Waals surface area contributed by atoms with Crippen molar-refractivity contribution in [2.24, 2.45) is 17.8 Å². The first-order chi connectivity index (χ1) is 9.15. The summed E-state index contributed by atoms with van der Waals surface area (Å²) in [5, 5.41) is 11.9. The fourth-order valence-corrected chi connectivity index (χ4v) is 3.09. The largest absolute Gasteiger partial charge is 0.478 e. The summed E-state index contributed by atoms with van der Waals surface area (Å²) in [6.07, 6.45) is 6.22. The Morgan fingerprint density at radius 2 is 1.95 bits per heavy atom. The van der Waals surface area contributed by atoms with Gasteiger partial charge in [-0.15, -0.1) is 0 Å². The van der Waals surface area contributed by atoms with E-state index >= 15 is 0 Å². The van der Waals surface area contributed by atoms with Gasteiger partial charge in [-0.2, -0.15) is 0 Å². The van der Waals surface area contributed by atoms with Crippen LogP contribution in [-0.4, -0.2) is 17.0 Å². The number of rotatable bonds is 3. The van der Waals surface area contributed by atoms with E-state index in [4.69, 9.17) is 5.11 Å². The number of carboxylic acid groups (broad SMARTS) is 1. The van der Waals surface area contributed by atoms with E-state index in [1.54, 1.807) is 18.2 Å². The maximum atomic E-state index is 12.2. The second-order valence-electron chi connectivity index (χ2n) is 5.23. The van der Waals surface area contributed by atoms with Crippen LogP contribution in [0.15, 0.2) is 36.4 Å². The Morgan fingerprint density at radius 1 is 1.16 bits per heavy atom. The molecule has 2 aliphatic carbocycles. The first-order valence-electron chi connectivity index (χ1n) is 6.46. The van der Waals surface area contributed by atoms with Crippen molar-refractivity contribution in [2.45, 2.75) is 12.8 Å². The Kier molecular flexibility index (Phi) is 2.85. The lowest BCUT2D eigenvalue weighted by molar-refractivity contribution is -0.120. The molecule has 4 heteroatoms. The zero-order valence-electron chi connectivity index (χ0n) is 10.4. The summed E-state index contributed by atoms with van der Waals surface area (Å²) in [4.78, 5) is 23.3. The molecule has 0 aliphatic heterocycles. The van der Waals surface area contributed by atoms with Gasteiger partial charge in [0.05, 0.1) is 11.3 Å². The highest BCUT2D eigenvalue weighted by molar-refractivity contribution is 6.01. The fourth-order valence-electron chi connectivity index (χ4n) is 3.09. The molecule has 3 unspecified atom stereocenters. The van der Waals surface area contributed by atoms with Crippen LogP contribution >= 0.6 is 0 Å². The van der Waals surface area contributed by atoms with Crippen LogP contribution in [0, 0.1) is 17.8 Å². The summed E-state index contributed by atoms with van der Waals surface area (Å²) in [7, 11) is 0. The second-order valence-corrected chi connectivity index (χ2v) is 5.23. The van der Waals surface area contributed by atoms with Gasteiger partial charge in [0.15, 0.2) is 0 Å². The number of allylic oxidation sites excluding steroid dienone is 2. The smallest absolute Gasteiger partial charge is 0.337 e. The first-order valence-corrected chi connectivity index (χ1v) is 6.46. The molecule has 1 saturated carbocycles. The Hall–Kier alpha value is -2.10. The molecule has 2 aliphatic rings. The van der Waals surface area contributed by atoms with E-state index in [1.807, 2.05) is 0 Å². The van der Waals surface area contributed by atoms with Gasteiger partial charge >= 0.3 is 5.97 Å². The van der Waals surface area contributed by atoms with Gasteiger partial charge in [0.25, 0.3) is 0 Å². The molecule has 1 amide bonds. The number of benzene rings is 1. The SMILES string of the molecule is O=C(O)c1ccccc1NC(=O)C1CC2C=CC1C2. The van der Waals surface area contributed by atoms with Crippen LogP contribution in [-0.2, 0) is 4.79 Å². The van der Waals surface area contributed by atoms with Gasteiger partial charge in [-0.25, -0.2) is 4.79 Å². The van der Waals surface area contributed by atoms with Gasteiger partial charge in [-0.05, 0) is 36.8 Å². The zero-order valence-corrected chi connectivity index (χ0v) is 10.4. The summed E-state index contributed by atoms with van der Waals surface area (Å²) >= 11 is 0. The standard InChI is InChI=1S/C15H15NO3/c17-14(12-8-9-5-6-10(12)7-9)16-13-4-2-1-3-11(13)15(18)19/h1-6,9-10,12H,7-8H2,(H,16,17)(H,18,19). The third-order valence-corrected chi connectivity index (χ3v) is 4.03. The Bertz CT molecular complexity index is 564. The number of anilines is 1. The highest BCUT2D eigenvalue weighted by Gasteiger charge is 2.39. The van der Waals surface area contributed by atoms with E-state index in [-0.39, 0.29) is 17.4 Å². The number of amides is 1. The molecular formula is C15H15NO3. The molecule has 0 radical (unpaired) electrons. The average Bonchev–Trinajstić information content (AvgIpc) is 3.01. The molecule has 0 spiro atoms. The number of nitrogens with one attached hydrogen (secondary N) is 1. The topological polar surface area (TPSA) is 66.4 Å². The van der Waals surface area contributed by atoms with Gasteiger partial charge in [0.1, 0.15) is 0 Å². The molecule has 3 atom stereocenters.